The Labute approximate surface area is 204 Å². The van der Waals surface area contributed by atoms with Gasteiger partial charge in [0.2, 0.25) is 5.95 Å². The van der Waals surface area contributed by atoms with E-state index < -0.39 is 41.3 Å². The quantitative estimate of drug-likeness (QED) is 0.443. The summed E-state index contributed by atoms with van der Waals surface area (Å²) >= 11 is 0. The number of carbonyl (C=O) groups is 1. The smallest absolute Gasteiger partial charge is 0.315 e. The van der Waals surface area contributed by atoms with Gasteiger partial charge in [-0.15, -0.1) is 0 Å². The number of methoxy groups -OCH3 is 1. The van der Waals surface area contributed by atoms with Crippen LogP contribution < -0.4 is 10.2 Å². The van der Waals surface area contributed by atoms with Crippen LogP contribution in [-0.4, -0.2) is 71.6 Å². The summed E-state index contributed by atoms with van der Waals surface area (Å²) < 4.78 is 73.2. The molecule has 13 heteroatoms. The molecule has 2 aliphatic rings. The van der Waals surface area contributed by atoms with E-state index in [9.17, 15) is 26.7 Å². The molecule has 196 valence electrons. The van der Waals surface area contributed by atoms with Crippen LogP contribution in [0.25, 0.3) is 0 Å². The maximum absolute atomic E-state index is 14.6. The fraction of sp³-hybridized carbons (Fsp3) is 0.565. The Hall–Kier alpha value is -3.09. The van der Waals surface area contributed by atoms with E-state index in [-0.39, 0.29) is 30.9 Å². The first-order valence-electron chi connectivity index (χ1n) is 11.7. The summed E-state index contributed by atoms with van der Waals surface area (Å²) in [6, 6.07) is 1.57. The van der Waals surface area contributed by atoms with Gasteiger partial charge in [0.1, 0.15) is 5.82 Å². The Morgan fingerprint density at radius 1 is 1.11 bits per heavy atom. The first-order chi connectivity index (χ1) is 17.2. The highest BCUT2D eigenvalue weighted by Crippen LogP contribution is 2.33. The average Bonchev–Trinajstić information content (AvgIpc) is 3.34. The molecule has 1 amide bonds. The molecule has 2 fully saturated rings. The van der Waals surface area contributed by atoms with Crippen LogP contribution in [0, 0.1) is 24.5 Å². The second kappa shape index (κ2) is 10.9. The number of piperidine rings is 1. The number of nitrogens with zero attached hydrogens (tertiary/aromatic N) is 5. The highest BCUT2D eigenvalue weighted by Gasteiger charge is 2.32. The summed E-state index contributed by atoms with van der Waals surface area (Å²) in [4.78, 5) is 27.3. The SMILES string of the molecule is COCC1CCCN1c1nc(Nc2nc(F)c(F)c(C)c2F)cc(C2CCN(C(=O)C(F)F)CC2)n1. The van der Waals surface area contributed by atoms with Gasteiger partial charge in [-0.05, 0) is 32.6 Å². The largest absolute Gasteiger partial charge is 0.383 e. The summed E-state index contributed by atoms with van der Waals surface area (Å²) in [5, 5.41) is 2.65. The van der Waals surface area contributed by atoms with Gasteiger partial charge in [-0.25, -0.2) is 13.8 Å². The van der Waals surface area contributed by atoms with Crippen LogP contribution in [0.4, 0.5) is 39.5 Å². The Bertz CT molecular complexity index is 1110. The van der Waals surface area contributed by atoms with Crippen molar-refractivity contribution < 1.29 is 31.5 Å². The van der Waals surface area contributed by atoms with Crippen molar-refractivity contribution in [2.45, 2.75) is 51.0 Å². The van der Waals surface area contributed by atoms with E-state index in [0.29, 0.717) is 37.6 Å². The number of alkyl halides is 2. The third-order valence-corrected chi connectivity index (χ3v) is 6.64. The van der Waals surface area contributed by atoms with E-state index in [1.165, 1.54) is 0 Å². The zero-order chi connectivity index (χ0) is 26.0. The minimum atomic E-state index is -3.06. The van der Waals surface area contributed by atoms with Crippen molar-refractivity contribution >= 4 is 23.5 Å². The number of ether oxygens (including phenoxy) is 1. The third-order valence-electron chi connectivity index (χ3n) is 6.64. The van der Waals surface area contributed by atoms with Gasteiger partial charge >= 0.3 is 6.43 Å². The van der Waals surface area contributed by atoms with Crippen molar-refractivity contribution in [3.63, 3.8) is 0 Å². The van der Waals surface area contributed by atoms with Crippen molar-refractivity contribution in [2.24, 2.45) is 0 Å². The molecule has 0 aliphatic carbocycles. The highest BCUT2D eigenvalue weighted by molar-refractivity contribution is 5.79. The predicted molar refractivity (Wildman–Crippen MR) is 121 cm³/mol. The Balaban J connectivity index is 1.66. The highest BCUT2D eigenvalue weighted by atomic mass is 19.3. The lowest BCUT2D eigenvalue weighted by Crippen LogP contribution is -2.41. The molecule has 1 atom stereocenters. The van der Waals surface area contributed by atoms with E-state index in [0.717, 1.165) is 24.7 Å². The van der Waals surface area contributed by atoms with Gasteiger partial charge < -0.3 is 19.9 Å². The molecule has 0 aromatic carbocycles. The monoisotopic (exact) mass is 514 g/mol. The number of nitrogens with one attached hydrogen (secondary N) is 1. The third kappa shape index (κ3) is 5.35. The standard InChI is InChI=1S/C23H27F5N6O2/c1-12-17(24)20(28)32-21(18(12)25)30-16-10-15(13-5-8-33(9-6-13)22(35)19(26)27)29-23(31-16)34-7-3-4-14(34)11-36-2/h10,13-14,19H,3-9,11H2,1-2H3,(H,29,30,31,32). The summed E-state index contributed by atoms with van der Waals surface area (Å²) in [6.45, 7) is 2.50. The van der Waals surface area contributed by atoms with Gasteiger partial charge in [0, 0.05) is 44.3 Å². The Morgan fingerprint density at radius 2 is 1.83 bits per heavy atom. The molecule has 4 heterocycles. The van der Waals surface area contributed by atoms with E-state index in [4.69, 9.17) is 9.72 Å². The molecular formula is C23H27F5N6O2. The van der Waals surface area contributed by atoms with Gasteiger partial charge in [-0.3, -0.25) is 4.79 Å². The number of likely N-dealkylation sites (tertiary alicyclic amines) is 1. The van der Waals surface area contributed by atoms with Gasteiger partial charge in [0.25, 0.3) is 11.9 Å². The molecule has 36 heavy (non-hydrogen) atoms. The molecule has 2 aromatic heterocycles. The Morgan fingerprint density at radius 3 is 2.50 bits per heavy atom. The van der Waals surface area contributed by atoms with Crippen LogP contribution in [0.2, 0.25) is 0 Å². The van der Waals surface area contributed by atoms with Gasteiger partial charge in [0.15, 0.2) is 17.5 Å². The molecule has 2 aromatic rings. The fourth-order valence-electron chi connectivity index (χ4n) is 4.68. The van der Waals surface area contributed by atoms with E-state index in [2.05, 4.69) is 15.3 Å². The number of halogens is 5. The number of hydrogen-bond donors (Lipinski definition) is 1. The summed E-state index contributed by atoms with van der Waals surface area (Å²) in [5.41, 5.74) is 0.0460. The van der Waals surface area contributed by atoms with Gasteiger partial charge in [-0.2, -0.15) is 23.1 Å². The zero-order valence-electron chi connectivity index (χ0n) is 19.9. The van der Waals surface area contributed by atoms with Gasteiger partial charge in [-0.1, -0.05) is 0 Å². The number of hydrogen-bond acceptors (Lipinski definition) is 7. The van der Waals surface area contributed by atoms with Crippen LogP contribution in [-0.2, 0) is 9.53 Å². The fourth-order valence-corrected chi connectivity index (χ4v) is 4.68. The number of aromatic nitrogens is 3. The topological polar surface area (TPSA) is 83.5 Å². The molecule has 0 radical (unpaired) electrons. The molecule has 0 spiro atoms. The molecule has 8 nitrogen and oxygen atoms in total. The number of rotatable bonds is 7. The maximum Gasteiger partial charge on any atom is 0.315 e. The first kappa shape index (κ1) is 26.0. The molecule has 1 N–H and O–H groups in total. The molecule has 1 unspecified atom stereocenters. The average molecular weight is 514 g/mol. The Kier molecular flexibility index (Phi) is 7.86. The lowest BCUT2D eigenvalue weighted by molar-refractivity contribution is -0.143. The van der Waals surface area contributed by atoms with Crippen LogP contribution in [0.1, 0.15) is 42.9 Å². The van der Waals surface area contributed by atoms with Crippen LogP contribution in [0.3, 0.4) is 0 Å². The second-order valence-electron chi connectivity index (χ2n) is 8.95. The zero-order valence-corrected chi connectivity index (χ0v) is 19.9. The lowest BCUT2D eigenvalue weighted by atomic mass is 9.93. The van der Waals surface area contributed by atoms with E-state index in [1.54, 1.807) is 13.2 Å². The first-order valence-corrected chi connectivity index (χ1v) is 11.7. The van der Waals surface area contributed by atoms with Crippen molar-refractivity contribution in [1.29, 1.82) is 0 Å². The minimum absolute atomic E-state index is 0.0176. The van der Waals surface area contributed by atoms with E-state index in [1.807, 2.05) is 4.90 Å². The summed E-state index contributed by atoms with van der Waals surface area (Å²) in [5.74, 6) is -5.28. The number of amides is 1. The number of carbonyl (C=O) groups excluding carboxylic acids is 1. The maximum atomic E-state index is 14.6. The molecular weight excluding hydrogens is 487 g/mol. The van der Waals surface area contributed by atoms with Crippen molar-refractivity contribution in [2.75, 3.05) is 43.6 Å². The van der Waals surface area contributed by atoms with Gasteiger partial charge in [0.05, 0.1) is 18.3 Å². The van der Waals surface area contributed by atoms with Crippen molar-refractivity contribution in [3.05, 3.63) is 34.9 Å². The second-order valence-corrected chi connectivity index (χ2v) is 8.95. The molecule has 0 saturated carbocycles. The number of anilines is 3. The summed E-state index contributed by atoms with van der Waals surface area (Å²) in [6.07, 6.45) is -0.522. The molecule has 2 aliphatic heterocycles. The van der Waals surface area contributed by atoms with E-state index >= 15 is 0 Å². The molecule has 4 rings (SSSR count). The van der Waals surface area contributed by atoms with Crippen LogP contribution in [0.15, 0.2) is 6.07 Å². The van der Waals surface area contributed by atoms with Crippen molar-refractivity contribution in [1.82, 2.24) is 19.9 Å². The molecule has 2 saturated heterocycles. The van der Waals surface area contributed by atoms with Crippen molar-refractivity contribution in [3.8, 4) is 0 Å². The molecule has 0 bridgehead atoms. The van der Waals surface area contributed by atoms with Crippen LogP contribution in [0.5, 0.6) is 0 Å². The summed E-state index contributed by atoms with van der Waals surface area (Å²) in [7, 11) is 1.59. The predicted octanol–water partition coefficient (Wildman–Crippen LogP) is 3.93. The number of pyridine rings is 1. The minimum Gasteiger partial charge on any atom is -0.383 e. The van der Waals surface area contributed by atoms with Crippen LogP contribution >= 0.6 is 0 Å². The normalized spacial score (nSPS) is 18.8. The lowest BCUT2D eigenvalue weighted by Gasteiger charge is -2.32.